The van der Waals surface area contributed by atoms with Crippen LogP contribution in [0.2, 0.25) is 5.02 Å². The lowest BCUT2D eigenvalue weighted by Gasteiger charge is -2.34. The number of carbonyl (C=O) groups is 2. The van der Waals surface area contributed by atoms with E-state index in [0.29, 0.717) is 23.7 Å². The van der Waals surface area contributed by atoms with E-state index in [0.717, 1.165) is 21.0 Å². The normalized spacial score (nSPS) is 12.2. The zero-order valence-electron chi connectivity index (χ0n) is 23.7. The van der Waals surface area contributed by atoms with Crippen LogP contribution in [-0.2, 0) is 26.2 Å². The van der Waals surface area contributed by atoms with Crippen LogP contribution >= 0.6 is 11.6 Å². The average molecular weight is 584 g/mol. The fourth-order valence-corrected chi connectivity index (χ4v) is 5.99. The first kappa shape index (κ1) is 31.2. The molecule has 0 aromatic heterocycles. The molecule has 0 aliphatic carbocycles. The molecule has 0 aliphatic heterocycles. The summed E-state index contributed by atoms with van der Waals surface area (Å²) < 4.78 is 29.1. The second-order valence-corrected chi connectivity index (χ2v) is 12.6. The van der Waals surface area contributed by atoms with Gasteiger partial charge in [0.1, 0.15) is 12.6 Å². The standard InChI is InChI=1S/C31H38ClN3O4S/c1-6-28(31(37)33-19-22(2)3)34(20-25-15-17-26(32)18-16-25)30(36)21-35(29-14-10-11-23(4)24(29)5)40(38,39)27-12-8-7-9-13-27/h7-18,22,28H,6,19-21H2,1-5H3,(H,33,37). The molecule has 3 aromatic carbocycles. The molecule has 3 rings (SSSR count). The van der Waals surface area contributed by atoms with Gasteiger partial charge in [-0.3, -0.25) is 13.9 Å². The van der Waals surface area contributed by atoms with Gasteiger partial charge in [-0.25, -0.2) is 8.42 Å². The van der Waals surface area contributed by atoms with Gasteiger partial charge in [-0.2, -0.15) is 0 Å². The van der Waals surface area contributed by atoms with E-state index in [9.17, 15) is 18.0 Å². The van der Waals surface area contributed by atoms with Crippen molar-refractivity contribution >= 4 is 39.1 Å². The molecule has 9 heteroatoms. The summed E-state index contributed by atoms with van der Waals surface area (Å²) >= 11 is 6.08. The first-order valence-electron chi connectivity index (χ1n) is 13.4. The Morgan fingerprint density at radius 2 is 1.57 bits per heavy atom. The monoisotopic (exact) mass is 583 g/mol. The van der Waals surface area contributed by atoms with Crippen LogP contribution in [0.5, 0.6) is 0 Å². The lowest BCUT2D eigenvalue weighted by Crippen LogP contribution is -2.52. The summed E-state index contributed by atoms with van der Waals surface area (Å²) in [4.78, 5) is 29.0. The molecule has 0 fully saturated rings. The van der Waals surface area contributed by atoms with E-state index in [-0.39, 0.29) is 23.3 Å². The highest BCUT2D eigenvalue weighted by Crippen LogP contribution is 2.29. The molecule has 40 heavy (non-hydrogen) atoms. The van der Waals surface area contributed by atoms with E-state index < -0.39 is 28.5 Å². The van der Waals surface area contributed by atoms with Gasteiger partial charge >= 0.3 is 0 Å². The number of hydrogen-bond acceptors (Lipinski definition) is 4. The molecule has 0 spiro atoms. The Balaban J connectivity index is 2.07. The third kappa shape index (κ3) is 7.64. The van der Waals surface area contributed by atoms with Crippen molar-refractivity contribution in [2.45, 2.75) is 58.5 Å². The minimum Gasteiger partial charge on any atom is -0.354 e. The third-order valence-corrected chi connectivity index (χ3v) is 8.82. The number of halogens is 1. The van der Waals surface area contributed by atoms with Crippen LogP contribution in [0.1, 0.15) is 43.9 Å². The van der Waals surface area contributed by atoms with Gasteiger partial charge in [0.15, 0.2) is 0 Å². The molecule has 1 N–H and O–H groups in total. The number of rotatable bonds is 12. The van der Waals surface area contributed by atoms with Crippen molar-refractivity contribution in [2.24, 2.45) is 5.92 Å². The van der Waals surface area contributed by atoms with Crippen molar-refractivity contribution in [3.8, 4) is 0 Å². The molecule has 0 bridgehead atoms. The van der Waals surface area contributed by atoms with Crippen LogP contribution in [0.25, 0.3) is 0 Å². The van der Waals surface area contributed by atoms with E-state index in [1.54, 1.807) is 54.6 Å². The average Bonchev–Trinajstić information content (AvgIpc) is 2.93. The zero-order chi connectivity index (χ0) is 29.4. The Bertz CT molecular complexity index is 1410. The Hall–Kier alpha value is -3.36. The third-order valence-electron chi connectivity index (χ3n) is 6.79. The van der Waals surface area contributed by atoms with Gasteiger partial charge in [-0.05, 0) is 73.2 Å². The summed E-state index contributed by atoms with van der Waals surface area (Å²) in [6.07, 6.45) is 0.359. The van der Waals surface area contributed by atoms with E-state index in [2.05, 4.69) is 5.32 Å². The summed E-state index contributed by atoms with van der Waals surface area (Å²) in [6, 6.07) is 19.7. The molecule has 0 saturated carbocycles. The number of aryl methyl sites for hydroxylation is 1. The molecular formula is C31H38ClN3O4S. The highest BCUT2D eigenvalue weighted by molar-refractivity contribution is 7.92. The first-order chi connectivity index (χ1) is 18.9. The molecule has 1 atom stereocenters. The van der Waals surface area contributed by atoms with Crippen molar-refractivity contribution < 1.29 is 18.0 Å². The minimum absolute atomic E-state index is 0.0784. The fourth-order valence-electron chi connectivity index (χ4n) is 4.37. The topological polar surface area (TPSA) is 86.8 Å². The number of sulfonamides is 1. The fraction of sp³-hybridized carbons (Fsp3) is 0.355. The predicted molar refractivity (Wildman–Crippen MR) is 161 cm³/mol. The van der Waals surface area contributed by atoms with Gasteiger partial charge in [-0.1, -0.05) is 74.8 Å². The molecule has 3 aromatic rings. The van der Waals surface area contributed by atoms with Gasteiger partial charge in [-0.15, -0.1) is 0 Å². The largest absolute Gasteiger partial charge is 0.354 e. The predicted octanol–water partition coefficient (Wildman–Crippen LogP) is 5.73. The number of benzene rings is 3. The van der Waals surface area contributed by atoms with Crippen LogP contribution in [-0.4, -0.2) is 44.3 Å². The Morgan fingerprint density at radius 3 is 2.17 bits per heavy atom. The van der Waals surface area contributed by atoms with Crippen LogP contribution in [0.3, 0.4) is 0 Å². The lowest BCUT2D eigenvalue weighted by atomic mass is 10.1. The van der Waals surface area contributed by atoms with Gasteiger partial charge in [0.25, 0.3) is 10.0 Å². The molecule has 214 valence electrons. The first-order valence-corrected chi connectivity index (χ1v) is 15.2. The molecule has 0 aliphatic rings. The highest BCUT2D eigenvalue weighted by Gasteiger charge is 2.34. The van der Waals surface area contributed by atoms with E-state index in [1.807, 2.05) is 40.7 Å². The number of nitrogens with one attached hydrogen (secondary N) is 1. The number of anilines is 1. The molecule has 0 radical (unpaired) electrons. The van der Waals surface area contributed by atoms with Gasteiger partial charge < -0.3 is 10.2 Å². The summed E-state index contributed by atoms with van der Waals surface area (Å²) in [5, 5.41) is 3.49. The van der Waals surface area contributed by atoms with E-state index >= 15 is 0 Å². The Morgan fingerprint density at radius 1 is 0.925 bits per heavy atom. The molecule has 7 nitrogen and oxygen atoms in total. The maximum atomic E-state index is 14.1. The maximum absolute atomic E-state index is 14.1. The maximum Gasteiger partial charge on any atom is 0.264 e. The van der Waals surface area contributed by atoms with Crippen molar-refractivity contribution in [1.29, 1.82) is 0 Å². The summed E-state index contributed by atoms with van der Waals surface area (Å²) in [5.41, 5.74) is 2.84. The van der Waals surface area contributed by atoms with Crippen LogP contribution in [0.15, 0.2) is 77.7 Å². The van der Waals surface area contributed by atoms with Gasteiger partial charge in [0.05, 0.1) is 10.6 Å². The quantitative estimate of drug-likeness (QED) is 0.295. The van der Waals surface area contributed by atoms with Gasteiger partial charge in [0.2, 0.25) is 11.8 Å². The van der Waals surface area contributed by atoms with Crippen LogP contribution in [0, 0.1) is 19.8 Å². The van der Waals surface area contributed by atoms with Gasteiger partial charge in [0, 0.05) is 18.1 Å². The molecule has 0 saturated heterocycles. The lowest BCUT2D eigenvalue weighted by molar-refractivity contribution is -0.140. The van der Waals surface area contributed by atoms with Crippen LogP contribution < -0.4 is 9.62 Å². The zero-order valence-corrected chi connectivity index (χ0v) is 25.3. The molecule has 2 amide bonds. The Labute approximate surface area is 243 Å². The van der Waals surface area contributed by atoms with Crippen LogP contribution in [0.4, 0.5) is 5.69 Å². The second-order valence-electron chi connectivity index (χ2n) is 10.3. The number of hydrogen-bond donors (Lipinski definition) is 1. The number of amides is 2. The summed E-state index contributed by atoms with van der Waals surface area (Å²) in [6.45, 7) is 9.68. The number of carbonyl (C=O) groups excluding carboxylic acids is 2. The second kappa shape index (κ2) is 13.8. The number of nitrogens with zero attached hydrogens (tertiary/aromatic N) is 2. The molecular weight excluding hydrogens is 546 g/mol. The molecule has 1 unspecified atom stereocenters. The SMILES string of the molecule is CCC(C(=O)NCC(C)C)N(Cc1ccc(Cl)cc1)C(=O)CN(c1cccc(C)c1C)S(=O)(=O)c1ccccc1. The summed E-state index contributed by atoms with van der Waals surface area (Å²) in [5.74, 6) is -0.526. The van der Waals surface area contributed by atoms with E-state index in [4.69, 9.17) is 11.6 Å². The minimum atomic E-state index is -4.11. The highest BCUT2D eigenvalue weighted by atomic mass is 35.5. The van der Waals surface area contributed by atoms with Crippen molar-refractivity contribution in [3.63, 3.8) is 0 Å². The van der Waals surface area contributed by atoms with Crippen molar-refractivity contribution in [2.75, 3.05) is 17.4 Å². The Kier molecular flexibility index (Phi) is 10.8. The smallest absolute Gasteiger partial charge is 0.264 e. The van der Waals surface area contributed by atoms with Crippen molar-refractivity contribution in [1.82, 2.24) is 10.2 Å². The summed E-state index contributed by atoms with van der Waals surface area (Å²) in [7, 11) is -4.11. The van der Waals surface area contributed by atoms with Crippen molar-refractivity contribution in [3.05, 3.63) is 94.5 Å². The van der Waals surface area contributed by atoms with E-state index in [1.165, 1.54) is 17.0 Å². The molecule has 0 heterocycles.